The van der Waals surface area contributed by atoms with Crippen molar-refractivity contribution < 1.29 is 9.53 Å². The van der Waals surface area contributed by atoms with Crippen LogP contribution in [0.3, 0.4) is 0 Å². The van der Waals surface area contributed by atoms with Gasteiger partial charge in [0, 0.05) is 13.1 Å². The molecular weight excluding hydrogens is 194 g/mol. The molecule has 0 bridgehead atoms. The summed E-state index contributed by atoms with van der Waals surface area (Å²) in [4.78, 5) is 13.5. The van der Waals surface area contributed by atoms with Crippen molar-refractivity contribution in [3.05, 3.63) is 0 Å². The molecular formula is C10H21N3O2. The van der Waals surface area contributed by atoms with E-state index in [1.54, 1.807) is 4.90 Å². The van der Waals surface area contributed by atoms with Gasteiger partial charge in [-0.05, 0) is 13.3 Å². The number of urea groups is 1. The summed E-state index contributed by atoms with van der Waals surface area (Å²) >= 11 is 0. The molecule has 0 aliphatic carbocycles. The van der Waals surface area contributed by atoms with Crippen LogP contribution in [-0.2, 0) is 4.74 Å². The van der Waals surface area contributed by atoms with Gasteiger partial charge < -0.3 is 20.7 Å². The Labute approximate surface area is 90.9 Å². The van der Waals surface area contributed by atoms with Gasteiger partial charge in [-0.15, -0.1) is 0 Å². The molecule has 2 amide bonds. The molecule has 5 heteroatoms. The Morgan fingerprint density at radius 3 is 3.00 bits per heavy atom. The van der Waals surface area contributed by atoms with Crippen LogP contribution in [-0.4, -0.2) is 49.3 Å². The lowest BCUT2D eigenvalue weighted by atomic mass is 10.2. The van der Waals surface area contributed by atoms with Gasteiger partial charge in [0.2, 0.25) is 0 Å². The van der Waals surface area contributed by atoms with E-state index in [0.717, 1.165) is 13.0 Å². The van der Waals surface area contributed by atoms with Crippen molar-refractivity contribution in [2.45, 2.75) is 32.4 Å². The second-order valence-electron chi connectivity index (χ2n) is 3.92. The van der Waals surface area contributed by atoms with E-state index in [1.165, 1.54) is 0 Å². The fraction of sp³-hybridized carbons (Fsp3) is 0.900. The van der Waals surface area contributed by atoms with Crippen molar-refractivity contribution in [2.75, 3.05) is 26.2 Å². The number of carbonyl (C=O) groups excluding carboxylic acids is 1. The van der Waals surface area contributed by atoms with E-state index in [2.05, 4.69) is 5.32 Å². The summed E-state index contributed by atoms with van der Waals surface area (Å²) in [5.74, 6) is 0. The SMILES string of the molecule is CCCNC(=O)N1CC(CN)OCC1C. The molecule has 88 valence electrons. The van der Waals surface area contributed by atoms with Gasteiger partial charge in [-0.1, -0.05) is 6.92 Å². The minimum Gasteiger partial charge on any atom is -0.373 e. The van der Waals surface area contributed by atoms with E-state index in [0.29, 0.717) is 19.7 Å². The van der Waals surface area contributed by atoms with E-state index in [1.807, 2.05) is 13.8 Å². The zero-order valence-electron chi connectivity index (χ0n) is 9.53. The number of nitrogens with two attached hydrogens (primary N) is 1. The van der Waals surface area contributed by atoms with Crippen LogP contribution in [0.25, 0.3) is 0 Å². The third kappa shape index (κ3) is 3.35. The number of amides is 2. The van der Waals surface area contributed by atoms with Gasteiger partial charge in [0.05, 0.1) is 25.3 Å². The maximum absolute atomic E-state index is 11.7. The molecule has 0 radical (unpaired) electrons. The van der Waals surface area contributed by atoms with Crippen LogP contribution in [0, 0.1) is 0 Å². The van der Waals surface area contributed by atoms with Crippen molar-refractivity contribution in [1.29, 1.82) is 0 Å². The predicted molar refractivity (Wildman–Crippen MR) is 58.7 cm³/mol. The van der Waals surface area contributed by atoms with E-state index >= 15 is 0 Å². The summed E-state index contributed by atoms with van der Waals surface area (Å²) in [5.41, 5.74) is 5.53. The quantitative estimate of drug-likeness (QED) is 0.704. The molecule has 1 heterocycles. The van der Waals surface area contributed by atoms with E-state index < -0.39 is 0 Å². The lowest BCUT2D eigenvalue weighted by Gasteiger charge is -2.37. The maximum atomic E-state index is 11.7. The van der Waals surface area contributed by atoms with Crippen LogP contribution < -0.4 is 11.1 Å². The Morgan fingerprint density at radius 1 is 1.67 bits per heavy atom. The highest BCUT2D eigenvalue weighted by atomic mass is 16.5. The number of hydrogen-bond donors (Lipinski definition) is 2. The highest BCUT2D eigenvalue weighted by Crippen LogP contribution is 2.10. The average Bonchev–Trinajstić information content (AvgIpc) is 2.26. The van der Waals surface area contributed by atoms with Crippen LogP contribution >= 0.6 is 0 Å². The van der Waals surface area contributed by atoms with Crippen molar-refractivity contribution in [1.82, 2.24) is 10.2 Å². The van der Waals surface area contributed by atoms with Crippen LogP contribution in [0.15, 0.2) is 0 Å². The van der Waals surface area contributed by atoms with Crippen LogP contribution in [0.4, 0.5) is 4.79 Å². The van der Waals surface area contributed by atoms with Gasteiger partial charge in [0.25, 0.3) is 0 Å². The molecule has 0 saturated carbocycles. The molecule has 0 aromatic carbocycles. The summed E-state index contributed by atoms with van der Waals surface area (Å²) in [7, 11) is 0. The molecule has 0 spiro atoms. The third-order valence-corrected chi connectivity index (χ3v) is 2.56. The molecule has 1 aliphatic heterocycles. The first-order valence-electron chi connectivity index (χ1n) is 5.55. The van der Waals surface area contributed by atoms with Gasteiger partial charge in [-0.25, -0.2) is 4.79 Å². The van der Waals surface area contributed by atoms with Crippen LogP contribution in [0.2, 0.25) is 0 Å². The number of nitrogens with one attached hydrogen (secondary N) is 1. The Balaban J connectivity index is 2.46. The fourth-order valence-corrected chi connectivity index (χ4v) is 1.58. The zero-order chi connectivity index (χ0) is 11.3. The first-order chi connectivity index (χ1) is 7.19. The average molecular weight is 215 g/mol. The molecule has 3 N–H and O–H groups in total. The molecule has 1 saturated heterocycles. The van der Waals surface area contributed by atoms with E-state index in [-0.39, 0.29) is 18.2 Å². The van der Waals surface area contributed by atoms with Gasteiger partial charge >= 0.3 is 6.03 Å². The van der Waals surface area contributed by atoms with Crippen LogP contribution in [0.1, 0.15) is 20.3 Å². The minimum absolute atomic E-state index is 0.00824. The molecule has 2 unspecified atom stereocenters. The molecule has 15 heavy (non-hydrogen) atoms. The Kier molecular flexibility index (Phi) is 4.84. The number of nitrogens with zero attached hydrogens (tertiary/aromatic N) is 1. The van der Waals surface area contributed by atoms with Gasteiger partial charge in [0.1, 0.15) is 0 Å². The van der Waals surface area contributed by atoms with Gasteiger partial charge in [-0.3, -0.25) is 0 Å². The Bertz CT molecular complexity index is 211. The number of ether oxygens (including phenoxy) is 1. The maximum Gasteiger partial charge on any atom is 0.317 e. The molecule has 1 aliphatic rings. The minimum atomic E-state index is -0.0198. The highest BCUT2D eigenvalue weighted by molar-refractivity contribution is 5.74. The number of morpholine rings is 1. The summed E-state index contributed by atoms with van der Waals surface area (Å²) in [6, 6.07) is 0.121. The van der Waals surface area contributed by atoms with Crippen molar-refractivity contribution in [2.24, 2.45) is 5.73 Å². The van der Waals surface area contributed by atoms with E-state index in [9.17, 15) is 4.79 Å². The van der Waals surface area contributed by atoms with Gasteiger partial charge in [-0.2, -0.15) is 0 Å². The molecule has 0 aromatic rings. The normalized spacial score (nSPS) is 26.5. The lowest BCUT2D eigenvalue weighted by Crippen LogP contribution is -2.55. The largest absolute Gasteiger partial charge is 0.373 e. The summed E-state index contributed by atoms with van der Waals surface area (Å²) in [5, 5.41) is 2.87. The van der Waals surface area contributed by atoms with Crippen molar-refractivity contribution >= 4 is 6.03 Å². The molecule has 1 fully saturated rings. The summed E-state index contributed by atoms with van der Waals surface area (Å²) in [6.07, 6.45) is 0.929. The molecule has 1 rings (SSSR count). The topological polar surface area (TPSA) is 67.6 Å². The van der Waals surface area contributed by atoms with Gasteiger partial charge in [0.15, 0.2) is 0 Å². The second kappa shape index (κ2) is 5.92. The number of carbonyl (C=O) groups is 1. The first kappa shape index (κ1) is 12.3. The monoisotopic (exact) mass is 215 g/mol. The third-order valence-electron chi connectivity index (χ3n) is 2.56. The summed E-state index contributed by atoms with van der Waals surface area (Å²) in [6.45, 7) is 6.36. The lowest BCUT2D eigenvalue weighted by molar-refractivity contribution is -0.0361. The standard InChI is InChI=1S/C10H21N3O2/c1-3-4-12-10(14)13-6-9(5-11)15-7-8(13)2/h8-9H,3-7,11H2,1-2H3,(H,12,14). The number of hydrogen-bond acceptors (Lipinski definition) is 3. The Morgan fingerprint density at radius 2 is 2.40 bits per heavy atom. The van der Waals surface area contributed by atoms with Crippen molar-refractivity contribution in [3.63, 3.8) is 0 Å². The molecule has 0 aromatic heterocycles. The Hall–Kier alpha value is -0.810. The van der Waals surface area contributed by atoms with E-state index in [4.69, 9.17) is 10.5 Å². The highest BCUT2D eigenvalue weighted by Gasteiger charge is 2.28. The number of rotatable bonds is 3. The smallest absolute Gasteiger partial charge is 0.317 e. The summed E-state index contributed by atoms with van der Waals surface area (Å²) < 4.78 is 5.48. The second-order valence-corrected chi connectivity index (χ2v) is 3.92. The van der Waals surface area contributed by atoms with Crippen LogP contribution in [0.5, 0.6) is 0 Å². The molecule has 5 nitrogen and oxygen atoms in total. The molecule has 2 atom stereocenters. The zero-order valence-corrected chi connectivity index (χ0v) is 9.53. The first-order valence-corrected chi connectivity index (χ1v) is 5.55. The van der Waals surface area contributed by atoms with Crippen molar-refractivity contribution in [3.8, 4) is 0 Å². The predicted octanol–water partition coefficient (Wildman–Crippen LogP) is 0.154. The fourth-order valence-electron chi connectivity index (χ4n) is 1.58.